The van der Waals surface area contributed by atoms with Crippen LogP contribution in [0, 0.1) is 17.3 Å². The molecular weight excluding hydrogens is 316 g/mol. The highest BCUT2D eigenvalue weighted by Crippen LogP contribution is 2.58. The molecule has 1 fully saturated rings. The van der Waals surface area contributed by atoms with Gasteiger partial charge in [0.1, 0.15) is 0 Å². The highest BCUT2D eigenvalue weighted by atomic mass is 35.5. The van der Waals surface area contributed by atoms with Crippen molar-refractivity contribution in [2.24, 2.45) is 17.3 Å². The Morgan fingerprint density at radius 3 is 2.48 bits per heavy atom. The van der Waals surface area contributed by atoms with Gasteiger partial charge in [0.05, 0.1) is 17.9 Å². The Bertz CT molecular complexity index is 616. The molecule has 1 aliphatic carbocycles. The van der Waals surface area contributed by atoms with E-state index in [1.807, 2.05) is 51.0 Å². The largest absolute Gasteiger partial charge is 0.481 e. The van der Waals surface area contributed by atoms with E-state index in [0.717, 1.165) is 5.56 Å². The van der Waals surface area contributed by atoms with E-state index < -0.39 is 23.2 Å². The molecule has 2 rings (SSSR count). The van der Waals surface area contributed by atoms with Crippen LogP contribution in [0.1, 0.15) is 25.5 Å². The molecule has 126 valence electrons. The minimum absolute atomic E-state index is 0.0252. The monoisotopic (exact) mass is 338 g/mol. The number of rotatable bonds is 6. The molecule has 0 aromatic heterocycles. The lowest BCUT2D eigenvalue weighted by Crippen LogP contribution is -2.36. The first kappa shape index (κ1) is 17.8. The molecule has 1 amide bonds. The van der Waals surface area contributed by atoms with E-state index >= 15 is 0 Å². The van der Waals surface area contributed by atoms with Gasteiger partial charge in [-0.2, -0.15) is 0 Å². The molecule has 1 aromatic carbocycles. The highest BCUT2D eigenvalue weighted by Gasteiger charge is 2.65. The molecule has 1 aliphatic rings. The number of carboxylic acids is 1. The SMILES string of the molecule is CN(C)[C@H](CNC(=O)[C@H]1[C@H](C(=O)O)C1(C)C)c1cccc(Cl)c1. The van der Waals surface area contributed by atoms with Gasteiger partial charge in [-0.3, -0.25) is 9.59 Å². The molecule has 1 saturated carbocycles. The highest BCUT2D eigenvalue weighted by molar-refractivity contribution is 6.30. The number of hydrogen-bond donors (Lipinski definition) is 2. The Labute approximate surface area is 141 Å². The van der Waals surface area contributed by atoms with E-state index in [9.17, 15) is 14.7 Å². The molecule has 0 saturated heterocycles. The molecule has 6 heteroatoms. The second-order valence-electron chi connectivity index (χ2n) is 6.89. The van der Waals surface area contributed by atoms with Crippen LogP contribution < -0.4 is 5.32 Å². The number of carboxylic acid groups (broad SMARTS) is 1. The number of amides is 1. The summed E-state index contributed by atoms with van der Waals surface area (Å²) in [6.45, 7) is 4.04. The van der Waals surface area contributed by atoms with E-state index in [0.29, 0.717) is 11.6 Å². The summed E-state index contributed by atoms with van der Waals surface area (Å²) in [7, 11) is 3.86. The number of hydrogen-bond acceptors (Lipinski definition) is 3. The van der Waals surface area contributed by atoms with Crippen molar-refractivity contribution in [1.29, 1.82) is 0 Å². The lowest BCUT2D eigenvalue weighted by Gasteiger charge is -2.25. The first-order valence-electron chi connectivity index (χ1n) is 7.58. The molecule has 0 radical (unpaired) electrons. The second-order valence-corrected chi connectivity index (χ2v) is 7.33. The predicted molar refractivity (Wildman–Crippen MR) is 89.3 cm³/mol. The summed E-state index contributed by atoms with van der Waals surface area (Å²) in [5, 5.41) is 12.7. The van der Waals surface area contributed by atoms with Crippen LogP contribution in [0.15, 0.2) is 24.3 Å². The van der Waals surface area contributed by atoms with Gasteiger partial charge in [-0.1, -0.05) is 37.6 Å². The number of carbonyl (C=O) groups excluding carboxylic acids is 1. The Morgan fingerprint density at radius 2 is 2.00 bits per heavy atom. The van der Waals surface area contributed by atoms with E-state index in [2.05, 4.69) is 5.32 Å². The van der Waals surface area contributed by atoms with Crippen molar-refractivity contribution in [3.8, 4) is 0 Å². The number of nitrogens with zero attached hydrogens (tertiary/aromatic N) is 1. The third kappa shape index (κ3) is 3.67. The van der Waals surface area contributed by atoms with E-state index in [4.69, 9.17) is 11.6 Å². The van der Waals surface area contributed by atoms with Crippen molar-refractivity contribution in [1.82, 2.24) is 10.2 Å². The van der Waals surface area contributed by atoms with Crippen molar-refractivity contribution in [2.45, 2.75) is 19.9 Å². The second kappa shape index (κ2) is 6.49. The van der Waals surface area contributed by atoms with Crippen molar-refractivity contribution in [3.63, 3.8) is 0 Å². The van der Waals surface area contributed by atoms with Gasteiger partial charge in [0, 0.05) is 11.6 Å². The molecular formula is C17H23ClN2O3. The minimum atomic E-state index is -0.908. The van der Waals surface area contributed by atoms with Crippen LogP contribution in [0.5, 0.6) is 0 Å². The Kier molecular flexibility index (Phi) is 5.01. The molecule has 0 heterocycles. The fourth-order valence-electron chi connectivity index (χ4n) is 3.21. The van der Waals surface area contributed by atoms with Crippen molar-refractivity contribution in [2.75, 3.05) is 20.6 Å². The Balaban J connectivity index is 2.03. The number of nitrogens with one attached hydrogen (secondary N) is 1. The van der Waals surface area contributed by atoms with Crippen molar-refractivity contribution >= 4 is 23.5 Å². The first-order chi connectivity index (χ1) is 10.7. The normalized spacial score (nSPS) is 23.4. The van der Waals surface area contributed by atoms with Crippen molar-refractivity contribution < 1.29 is 14.7 Å². The lowest BCUT2D eigenvalue weighted by molar-refractivity contribution is -0.140. The van der Waals surface area contributed by atoms with Gasteiger partial charge in [-0.25, -0.2) is 0 Å². The Hall–Kier alpha value is -1.59. The zero-order valence-electron chi connectivity index (χ0n) is 13.8. The van der Waals surface area contributed by atoms with Gasteiger partial charge >= 0.3 is 5.97 Å². The Morgan fingerprint density at radius 1 is 1.35 bits per heavy atom. The summed E-state index contributed by atoms with van der Waals surface area (Å²) in [6.07, 6.45) is 0. The zero-order chi connectivity index (χ0) is 17.4. The molecule has 0 aliphatic heterocycles. The van der Waals surface area contributed by atoms with E-state index in [1.165, 1.54) is 0 Å². The van der Waals surface area contributed by atoms with Gasteiger partial charge in [-0.05, 0) is 37.2 Å². The third-order valence-electron chi connectivity index (χ3n) is 4.70. The maximum atomic E-state index is 12.3. The average Bonchev–Trinajstić information content (AvgIpc) is 3.01. The van der Waals surface area contributed by atoms with Crippen LogP contribution in [-0.2, 0) is 9.59 Å². The number of aliphatic carboxylic acids is 1. The molecule has 0 unspecified atom stereocenters. The predicted octanol–water partition coefficient (Wildman–Crippen LogP) is 2.42. The van der Waals surface area contributed by atoms with E-state index in [-0.39, 0.29) is 11.9 Å². The molecule has 3 atom stereocenters. The molecule has 2 N–H and O–H groups in total. The van der Waals surface area contributed by atoms with Crippen LogP contribution in [0.3, 0.4) is 0 Å². The van der Waals surface area contributed by atoms with Crippen LogP contribution in [-0.4, -0.2) is 42.5 Å². The molecule has 23 heavy (non-hydrogen) atoms. The van der Waals surface area contributed by atoms with Crippen LogP contribution in [0.2, 0.25) is 5.02 Å². The van der Waals surface area contributed by atoms with Gasteiger partial charge in [-0.15, -0.1) is 0 Å². The maximum absolute atomic E-state index is 12.3. The fourth-order valence-corrected chi connectivity index (χ4v) is 3.41. The van der Waals surface area contributed by atoms with Crippen LogP contribution in [0.25, 0.3) is 0 Å². The standard InChI is InChI=1S/C17H23ClN2O3/c1-17(2)13(14(17)16(22)23)15(21)19-9-12(20(3)4)10-6-5-7-11(18)8-10/h5-8,12-14H,9H2,1-4H3,(H,19,21)(H,22,23)/t12-,13-,14-/m1/s1. The molecule has 5 nitrogen and oxygen atoms in total. The number of benzene rings is 1. The summed E-state index contributed by atoms with van der Waals surface area (Å²) < 4.78 is 0. The lowest BCUT2D eigenvalue weighted by atomic mass is 10.1. The maximum Gasteiger partial charge on any atom is 0.307 e. The molecule has 0 spiro atoms. The minimum Gasteiger partial charge on any atom is -0.481 e. The van der Waals surface area contributed by atoms with Gasteiger partial charge < -0.3 is 15.3 Å². The van der Waals surface area contributed by atoms with Gasteiger partial charge in [0.25, 0.3) is 0 Å². The number of halogens is 1. The zero-order valence-corrected chi connectivity index (χ0v) is 14.6. The van der Waals surface area contributed by atoms with Gasteiger partial charge in [0.2, 0.25) is 5.91 Å². The topological polar surface area (TPSA) is 69.6 Å². The smallest absolute Gasteiger partial charge is 0.307 e. The number of likely N-dealkylation sites (N-methyl/N-ethyl adjacent to an activating group) is 1. The fraction of sp³-hybridized carbons (Fsp3) is 0.529. The summed E-state index contributed by atoms with van der Waals surface area (Å²) in [4.78, 5) is 25.5. The quantitative estimate of drug-likeness (QED) is 0.835. The number of carbonyl (C=O) groups is 2. The van der Waals surface area contributed by atoms with Crippen molar-refractivity contribution in [3.05, 3.63) is 34.9 Å². The summed E-state index contributed by atoms with van der Waals surface area (Å²) in [5.41, 5.74) is 0.521. The van der Waals surface area contributed by atoms with Crippen LogP contribution in [0.4, 0.5) is 0 Å². The van der Waals surface area contributed by atoms with E-state index in [1.54, 1.807) is 6.07 Å². The van der Waals surface area contributed by atoms with Gasteiger partial charge in [0.15, 0.2) is 0 Å². The summed E-state index contributed by atoms with van der Waals surface area (Å²) in [5.74, 6) is -2.18. The first-order valence-corrected chi connectivity index (χ1v) is 7.96. The summed E-state index contributed by atoms with van der Waals surface area (Å²) >= 11 is 6.04. The average molecular weight is 339 g/mol. The molecule has 1 aromatic rings. The third-order valence-corrected chi connectivity index (χ3v) is 4.94. The summed E-state index contributed by atoms with van der Waals surface area (Å²) in [6, 6.07) is 7.49. The molecule has 0 bridgehead atoms. The van der Waals surface area contributed by atoms with Crippen LogP contribution >= 0.6 is 11.6 Å².